The van der Waals surface area contributed by atoms with Gasteiger partial charge in [0.15, 0.2) is 0 Å². The number of anilines is 2. The lowest BCUT2D eigenvalue weighted by Gasteiger charge is -2.19. The summed E-state index contributed by atoms with van der Waals surface area (Å²) >= 11 is 0. The molecule has 1 N–H and O–H groups in total. The summed E-state index contributed by atoms with van der Waals surface area (Å²) < 4.78 is 62.8. The summed E-state index contributed by atoms with van der Waals surface area (Å²) in [4.78, 5) is 13.3. The molecule has 5 nitrogen and oxygen atoms in total. The van der Waals surface area contributed by atoms with E-state index in [1.807, 2.05) is 0 Å². The number of benzene rings is 2. The number of hydrogen-bond donors (Lipinski definition) is 1. The van der Waals surface area contributed by atoms with Gasteiger partial charge in [-0.25, -0.2) is 12.8 Å². The van der Waals surface area contributed by atoms with Crippen molar-refractivity contribution in [1.29, 1.82) is 0 Å². The highest BCUT2D eigenvalue weighted by molar-refractivity contribution is 7.91. The van der Waals surface area contributed by atoms with E-state index in [0.29, 0.717) is 24.2 Å². The first kappa shape index (κ1) is 18.2. The molecule has 1 aliphatic rings. The molecule has 2 aromatic rings. The first-order valence-electron chi connectivity index (χ1n) is 7.74. The van der Waals surface area contributed by atoms with Crippen LogP contribution < -0.4 is 10.2 Å². The van der Waals surface area contributed by atoms with E-state index in [2.05, 4.69) is 5.32 Å². The molecular weight excluding hydrogens is 369 g/mol. The number of nitrogens with zero attached hydrogens (tertiary/aromatic N) is 1. The quantitative estimate of drug-likeness (QED) is 0.861. The van der Waals surface area contributed by atoms with Gasteiger partial charge in [0.2, 0.25) is 15.7 Å². The van der Waals surface area contributed by atoms with E-state index in [0.717, 1.165) is 6.07 Å². The largest absolute Gasteiger partial charge is 0.362 e. The van der Waals surface area contributed by atoms with Crippen molar-refractivity contribution < 1.29 is 26.4 Å². The molecule has 138 valence electrons. The number of halogens is 3. The fourth-order valence-corrected chi connectivity index (χ4v) is 3.79. The van der Waals surface area contributed by atoms with E-state index in [1.54, 1.807) is 11.0 Å². The van der Waals surface area contributed by atoms with Crippen LogP contribution in [0.5, 0.6) is 0 Å². The fourth-order valence-electron chi connectivity index (χ4n) is 2.90. The van der Waals surface area contributed by atoms with Gasteiger partial charge in [-0.2, -0.15) is 8.78 Å². The Bertz CT molecular complexity index is 948. The minimum atomic E-state index is -4.85. The Morgan fingerprint density at radius 1 is 1.15 bits per heavy atom. The second-order valence-corrected chi connectivity index (χ2v) is 7.65. The number of carbonyl (C=O) groups excluding carboxylic acids is 1. The molecule has 0 aromatic heterocycles. The molecule has 0 saturated heterocycles. The first-order valence-corrected chi connectivity index (χ1v) is 9.28. The predicted octanol–water partition coefficient (Wildman–Crippen LogP) is 2.82. The van der Waals surface area contributed by atoms with Crippen molar-refractivity contribution in [2.45, 2.75) is 17.1 Å². The molecule has 0 spiro atoms. The molecular formula is C17H15F3N2O3S. The number of para-hydroxylation sites is 1. The average Bonchev–Trinajstić information content (AvgIpc) is 2.99. The third kappa shape index (κ3) is 3.39. The molecule has 0 bridgehead atoms. The van der Waals surface area contributed by atoms with Crippen molar-refractivity contribution in [3.63, 3.8) is 0 Å². The lowest BCUT2D eigenvalue weighted by Crippen LogP contribution is -2.32. The van der Waals surface area contributed by atoms with Crippen LogP contribution in [0.4, 0.5) is 24.5 Å². The van der Waals surface area contributed by atoms with Crippen molar-refractivity contribution >= 4 is 27.1 Å². The van der Waals surface area contributed by atoms with Crippen molar-refractivity contribution in [1.82, 2.24) is 0 Å². The maximum Gasteiger partial charge on any atom is 0.341 e. The maximum absolute atomic E-state index is 13.7. The van der Waals surface area contributed by atoms with Crippen molar-refractivity contribution in [3.8, 4) is 0 Å². The molecule has 1 aliphatic heterocycles. The van der Waals surface area contributed by atoms with Crippen LogP contribution in [0.2, 0.25) is 0 Å². The minimum Gasteiger partial charge on any atom is -0.362 e. The van der Waals surface area contributed by atoms with Gasteiger partial charge >= 0.3 is 5.76 Å². The molecule has 0 unspecified atom stereocenters. The van der Waals surface area contributed by atoms with Crippen LogP contribution in [0.1, 0.15) is 5.56 Å². The van der Waals surface area contributed by atoms with Crippen LogP contribution in [-0.2, 0) is 21.1 Å². The summed E-state index contributed by atoms with van der Waals surface area (Å²) in [5.74, 6) is -4.52. The molecule has 9 heteroatoms. The number of fused-ring (bicyclic) bond motifs is 1. The number of carbonyl (C=O) groups is 1. The number of sulfone groups is 1. The minimum absolute atomic E-state index is 0.153. The molecule has 1 heterocycles. The van der Waals surface area contributed by atoms with Gasteiger partial charge in [-0.3, -0.25) is 4.79 Å². The SMILES string of the molecule is O=C(CN1CCc2c(F)cccc21)Nc1ccccc1S(=O)(=O)C(F)F. The van der Waals surface area contributed by atoms with E-state index in [-0.39, 0.29) is 18.0 Å². The molecule has 2 aromatic carbocycles. The van der Waals surface area contributed by atoms with Crippen LogP contribution in [0, 0.1) is 5.82 Å². The van der Waals surface area contributed by atoms with Crippen LogP contribution in [0.25, 0.3) is 0 Å². The van der Waals surface area contributed by atoms with Gasteiger partial charge in [0.25, 0.3) is 0 Å². The van der Waals surface area contributed by atoms with Crippen LogP contribution in [-0.4, -0.2) is 33.2 Å². The highest BCUT2D eigenvalue weighted by Crippen LogP contribution is 2.30. The highest BCUT2D eigenvalue weighted by atomic mass is 32.2. The number of amides is 1. The molecule has 0 saturated carbocycles. The van der Waals surface area contributed by atoms with Crippen LogP contribution in [0.3, 0.4) is 0 Å². The number of hydrogen-bond acceptors (Lipinski definition) is 4. The lowest BCUT2D eigenvalue weighted by atomic mass is 10.1. The number of alkyl halides is 2. The summed E-state index contributed by atoms with van der Waals surface area (Å²) in [5.41, 5.74) is 0.895. The Labute approximate surface area is 148 Å². The zero-order chi connectivity index (χ0) is 18.9. The summed E-state index contributed by atoms with van der Waals surface area (Å²) in [6.45, 7) is 0.278. The van der Waals surface area contributed by atoms with E-state index >= 15 is 0 Å². The summed E-state index contributed by atoms with van der Waals surface area (Å²) in [6.07, 6.45) is 0.450. The molecule has 0 radical (unpaired) electrons. The Morgan fingerprint density at radius 3 is 2.62 bits per heavy atom. The maximum atomic E-state index is 13.7. The third-order valence-electron chi connectivity index (χ3n) is 4.10. The standard InChI is InChI=1S/C17H15F3N2O3S/c18-12-4-3-6-14-11(12)8-9-22(14)10-16(23)21-13-5-1-2-7-15(13)26(24,25)17(19)20/h1-7,17H,8-10H2,(H,21,23). The van der Waals surface area contributed by atoms with E-state index in [4.69, 9.17) is 0 Å². The zero-order valence-electron chi connectivity index (χ0n) is 13.5. The molecule has 0 aliphatic carbocycles. The van der Waals surface area contributed by atoms with E-state index in [1.165, 1.54) is 30.3 Å². The van der Waals surface area contributed by atoms with Crippen LogP contribution >= 0.6 is 0 Å². The third-order valence-corrected chi connectivity index (χ3v) is 5.54. The van der Waals surface area contributed by atoms with E-state index < -0.39 is 26.4 Å². The molecule has 0 atom stereocenters. The summed E-state index contributed by atoms with van der Waals surface area (Å²) in [5, 5.41) is 2.36. The normalized spacial score (nSPS) is 13.8. The lowest BCUT2D eigenvalue weighted by molar-refractivity contribution is -0.115. The van der Waals surface area contributed by atoms with Crippen molar-refractivity contribution in [2.24, 2.45) is 0 Å². The average molecular weight is 384 g/mol. The number of nitrogens with one attached hydrogen (secondary N) is 1. The molecule has 1 amide bonds. The molecule has 26 heavy (non-hydrogen) atoms. The van der Waals surface area contributed by atoms with Crippen molar-refractivity contribution in [3.05, 3.63) is 53.8 Å². The smallest absolute Gasteiger partial charge is 0.341 e. The van der Waals surface area contributed by atoms with Gasteiger partial charge in [0, 0.05) is 17.8 Å². The zero-order valence-corrected chi connectivity index (χ0v) is 14.3. The Hall–Kier alpha value is -2.55. The molecule has 0 fully saturated rings. The van der Waals surface area contributed by atoms with Gasteiger partial charge in [0.1, 0.15) is 5.82 Å². The Balaban J connectivity index is 1.78. The van der Waals surface area contributed by atoms with Crippen molar-refractivity contribution in [2.75, 3.05) is 23.3 Å². The van der Waals surface area contributed by atoms with Crippen LogP contribution in [0.15, 0.2) is 47.4 Å². The second-order valence-electron chi connectivity index (χ2n) is 5.76. The molecule has 3 rings (SSSR count). The van der Waals surface area contributed by atoms with Gasteiger partial charge in [-0.15, -0.1) is 0 Å². The second kappa shape index (κ2) is 6.99. The summed E-state index contributed by atoms with van der Waals surface area (Å²) in [7, 11) is -4.85. The first-order chi connectivity index (χ1) is 12.3. The number of rotatable bonds is 5. The Kier molecular flexibility index (Phi) is 4.90. The van der Waals surface area contributed by atoms with Gasteiger partial charge in [-0.05, 0) is 30.7 Å². The monoisotopic (exact) mass is 384 g/mol. The predicted molar refractivity (Wildman–Crippen MR) is 90.6 cm³/mol. The Morgan fingerprint density at radius 2 is 1.88 bits per heavy atom. The van der Waals surface area contributed by atoms with Gasteiger partial charge in [0.05, 0.1) is 17.1 Å². The highest BCUT2D eigenvalue weighted by Gasteiger charge is 2.30. The van der Waals surface area contributed by atoms with Gasteiger partial charge < -0.3 is 10.2 Å². The summed E-state index contributed by atoms with van der Waals surface area (Å²) in [6, 6.07) is 9.55. The van der Waals surface area contributed by atoms with Gasteiger partial charge in [-0.1, -0.05) is 18.2 Å². The fraction of sp³-hybridized carbons (Fsp3) is 0.235. The van der Waals surface area contributed by atoms with E-state index in [9.17, 15) is 26.4 Å². The topological polar surface area (TPSA) is 66.5 Å².